The first-order chi connectivity index (χ1) is 12.2. The van der Waals surface area contributed by atoms with Crippen molar-refractivity contribution < 1.29 is 14.3 Å². The molecule has 5 nitrogen and oxygen atoms in total. The summed E-state index contributed by atoms with van der Waals surface area (Å²) < 4.78 is 10.7. The fourth-order valence-electron chi connectivity index (χ4n) is 2.85. The molecule has 6 heteroatoms. The highest BCUT2D eigenvalue weighted by molar-refractivity contribution is 7.16. The summed E-state index contributed by atoms with van der Waals surface area (Å²) in [5, 5.41) is 1.18. The summed E-state index contributed by atoms with van der Waals surface area (Å²) in [6.07, 6.45) is 1.79. The summed E-state index contributed by atoms with van der Waals surface area (Å²) in [5.74, 6) is -0.0288. The molecule has 25 heavy (non-hydrogen) atoms. The molecule has 1 aromatic carbocycles. The summed E-state index contributed by atoms with van der Waals surface area (Å²) in [5.41, 5.74) is 2.22. The van der Waals surface area contributed by atoms with Crippen LogP contribution in [0.4, 0.5) is 5.00 Å². The Morgan fingerprint density at radius 1 is 1.16 bits per heavy atom. The lowest BCUT2D eigenvalue weighted by atomic mass is 10.1. The molecule has 0 unspecified atom stereocenters. The number of rotatable bonds is 3. The fraction of sp³-hybridized carbons (Fsp3) is 0.263. The van der Waals surface area contributed by atoms with Crippen LogP contribution in [0, 0.1) is 6.92 Å². The number of hydrogen-bond acceptors (Lipinski definition) is 6. The number of ether oxygens (including phenoxy) is 2. The van der Waals surface area contributed by atoms with Crippen molar-refractivity contribution in [3.8, 4) is 0 Å². The van der Waals surface area contributed by atoms with E-state index in [9.17, 15) is 4.79 Å². The molecule has 0 N–H and O–H groups in total. The highest BCUT2D eigenvalue weighted by Crippen LogP contribution is 2.29. The van der Waals surface area contributed by atoms with E-state index < -0.39 is 5.97 Å². The summed E-state index contributed by atoms with van der Waals surface area (Å²) in [6, 6.07) is 11.8. The van der Waals surface area contributed by atoms with Crippen molar-refractivity contribution in [3.63, 3.8) is 0 Å². The maximum absolute atomic E-state index is 12.2. The van der Waals surface area contributed by atoms with E-state index in [-0.39, 0.29) is 0 Å². The number of aryl methyl sites for hydroxylation is 1. The minimum absolute atomic E-state index is 0.341. The Morgan fingerprint density at radius 3 is 2.76 bits per heavy atom. The molecule has 1 saturated heterocycles. The number of hydrogen-bond donors (Lipinski definition) is 0. The Morgan fingerprint density at radius 2 is 1.96 bits per heavy atom. The summed E-state index contributed by atoms with van der Waals surface area (Å²) in [6.45, 7) is 5.28. The van der Waals surface area contributed by atoms with Gasteiger partial charge in [0.2, 0.25) is 5.90 Å². The highest BCUT2D eigenvalue weighted by Gasteiger charge is 2.25. The summed E-state index contributed by atoms with van der Waals surface area (Å²) in [4.78, 5) is 19.8. The van der Waals surface area contributed by atoms with Crippen LogP contribution in [-0.2, 0) is 14.3 Å². The van der Waals surface area contributed by atoms with Crippen LogP contribution in [0.15, 0.2) is 47.1 Å². The average molecular weight is 354 g/mol. The molecule has 0 radical (unpaired) electrons. The highest BCUT2D eigenvalue weighted by atomic mass is 32.1. The number of carbonyl (C=O) groups is 1. The zero-order valence-electron chi connectivity index (χ0n) is 13.9. The predicted octanol–water partition coefficient (Wildman–Crippen LogP) is 3.24. The maximum atomic E-state index is 12.2. The number of morpholine rings is 1. The summed E-state index contributed by atoms with van der Waals surface area (Å²) in [7, 11) is 0. The maximum Gasteiger partial charge on any atom is 0.363 e. The molecule has 2 aromatic rings. The van der Waals surface area contributed by atoms with E-state index in [0.717, 1.165) is 42.3 Å². The zero-order chi connectivity index (χ0) is 17.2. The number of benzene rings is 1. The van der Waals surface area contributed by atoms with E-state index in [4.69, 9.17) is 9.47 Å². The van der Waals surface area contributed by atoms with Gasteiger partial charge in [-0.05, 0) is 36.8 Å². The third-order valence-electron chi connectivity index (χ3n) is 4.21. The molecular formula is C19H18N2O3S. The van der Waals surface area contributed by atoms with Gasteiger partial charge >= 0.3 is 5.97 Å². The van der Waals surface area contributed by atoms with E-state index in [1.807, 2.05) is 37.3 Å². The first kappa shape index (κ1) is 16.1. The van der Waals surface area contributed by atoms with Gasteiger partial charge < -0.3 is 14.4 Å². The molecule has 0 atom stereocenters. The van der Waals surface area contributed by atoms with Crippen LogP contribution in [-0.4, -0.2) is 38.2 Å². The monoisotopic (exact) mass is 354 g/mol. The van der Waals surface area contributed by atoms with Crippen molar-refractivity contribution in [1.29, 1.82) is 0 Å². The second-order valence-electron chi connectivity index (χ2n) is 5.93. The zero-order valence-corrected chi connectivity index (χ0v) is 14.7. The summed E-state index contributed by atoms with van der Waals surface area (Å²) >= 11 is 1.65. The van der Waals surface area contributed by atoms with E-state index in [1.165, 1.54) is 5.00 Å². The van der Waals surface area contributed by atoms with Crippen LogP contribution in [0.1, 0.15) is 16.0 Å². The van der Waals surface area contributed by atoms with Crippen LogP contribution < -0.4 is 4.90 Å². The molecule has 2 aliphatic rings. The molecule has 0 bridgehead atoms. The number of carbonyl (C=O) groups excluding carboxylic acids is 1. The Hall–Kier alpha value is -2.44. The molecule has 0 saturated carbocycles. The van der Waals surface area contributed by atoms with Gasteiger partial charge in [-0.2, -0.15) is 0 Å². The molecule has 2 aliphatic heterocycles. The van der Waals surface area contributed by atoms with Gasteiger partial charge in [0.05, 0.1) is 18.2 Å². The minimum atomic E-state index is -0.403. The van der Waals surface area contributed by atoms with Crippen LogP contribution in [0.2, 0.25) is 0 Å². The van der Waals surface area contributed by atoms with E-state index >= 15 is 0 Å². The van der Waals surface area contributed by atoms with Crippen LogP contribution in [0.3, 0.4) is 0 Å². The predicted molar refractivity (Wildman–Crippen MR) is 99.1 cm³/mol. The lowest BCUT2D eigenvalue weighted by molar-refractivity contribution is -0.129. The normalized spacial score (nSPS) is 19.2. The molecule has 1 aromatic heterocycles. The van der Waals surface area contributed by atoms with Gasteiger partial charge in [0.15, 0.2) is 5.70 Å². The Kier molecular flexibility index (Phi) is 4.38. The van der Waals surface area contributed by atoms with Crippen molar-refractivity contribution in [2.24, 2.45) is 4.99 Å². The number of aliphatic imine (C=N–C) groups is 1. The van der Waals surface area contributed by atoms with Crippen molar-refractivity contribution >= 4 is 34.3 Å². The first-order valence-electron chi connectivity index (χ1n) is 8.22. The topological polar surface area (TPSA) is 51.1 Å². The molecule has 1 fully saturated rings. The largest absolute Gasteiger partial charge is 0.402 e. The third-order valence-corrected chi connectivity index (χ3v) is 5.30. The molecule has 0 spiro atoms. The third kappa shape index (κ3) is 3.36. The Labute approximate surface area is 150 Å². The van der Waals surface area contributed by atoms with Crippen molar-refractivity contribution in [3.05, 3.63) is 58.1 Å². The second kappa shape index (κ2) is 6.82. The molecule has 0 aliphatic carbocycles. The van der Waals surface area contributed by atoms with Crippen LogP contribution >= 0.6 is 11.3 Å². The quantitative estimate of drug-likeness (QED) is 0.627. The average Bonchev–Trinajstić information content (AvgIpc) is 3.24. The Balaban J connectivity index is 1.58. The fourth-order valence-corrected chi connectivity index (χ4v) is 3.84. The van der Waals surface area contributed by atoms with Crippen molar-refractivity contribution in [2.75, 3.05) is 31.2 Å². The smallest absolute Gasteiger partial charge is 0.363 e. The first-order valence-corrected chi connectivity index (χ1v) is 9.03. The van der Waals surface area contributed by atoms with Gasteiger partial charge in [-0.3, -0.25) is 0 Å². The van der Waals surface area contributed by atoms with Gasteiger partial charge in [0.1, 0.15) is 0 Å². The minimum Gasteiger partial charge on any atom is -0.402 e. The van der Waals surface area contributed by atoms with E-state index in [1.54, 1.807) is 17.4 Å². The number of thiophene rings is 1. The molecule has 4 rings (SSSR count). The standard InChI is InChI=1S/C19H18N2O3S/c1-13-4-2-3-5-15(13)18-20-16(19(22)24-18)12-14-6-7-17(25-14)21-8-10-23-11-9-21/h2-7,12H,8-11H2,1H3/b16-12+. The van der Waals surface area contributed by atoms with Crippen LogP contribution in [0.25, 0.3) is 6.08 Å². The molecule has 0 amide bonds. The van der Waals surface area contributed by atoms with E-state index in [0.29, 0.717) is 11.6 Å². The van der Waals surface area contributed by atoms with Gasteiger partial charge in [0, 0.05) is 23.5 Å². The number of cyclic esters (lactones) is 1. The number of nitrogens with zero attached hydrogens (tertiary/aromatic N) is 2. The van der Waals surface area contributed by atoms with Crippen LogP contribution in [0.5, 0.6) is 0 Å². The number of anilines is 1. The van der Waals surface area contributed by atoms with Crippen molar-refractivity contribution in [2.45, 2.75) is 6.92 Å². The van der Waals surface area contributed by atoms with Gasteiger partial charge in [-0.25, -0.2) is 9.79 Å². The SMILES string of the molecule is Cc1ccccc1C1=N/C(=C/c2ccc(N3CCOCC3)s2)C(=O)O1. The van der Waals surface area contributed by atoms with E-state index in [2.05, 4.69) is 16.0 Å². The van der Waals surface area contributed by atoms with Gasteiger partial charge in [-0.15, -0.1) is 11.3 Å². The molecule has 3 heterocycles. The molecule has 128 valence electrons. The lowest BCUT2D eigenvalue weighted by Gasteiger charge is -2.27. The number of esters is 1. The van der Waals surface area contributed by atoms with Crippen molar-refractivity contribution in [1.82, 2.24) is 0 Å². The lowest BCUT2D eigenvalue weighted by Crippen LogP contribution is -2.35. The second-order valence-corrected chi connectivity index (χ2v) is 7.02. The van der Waals surface area contributed by atoms with Gasteiger partial charge in [0.25, 0.3) is 0 Å². The molecular weight excluding hydrogens is 336 g/mol. The van der Waals surface area contributed by atoms with Gasteiger partial charge in [-0.1, -0.05) is 18.2 Å². The Bertz CT molecular complexity index is 863.